The SMILES string of the molecule is CC(C)CC1C(=O)NC(C(C)C)C(=O)N1Cc1ccccc1. The fourth-order valence-electron chi connectivity index (χ4n) is 2.89. The Hall–Kier alpha value is -1.84. The number of carbonyl (C=O) groups is 2. The van der Waals surface area contributed by atoms with Gasteiger partial charge in [-0.2, -0.15) is 0 Å². The smallest absolute Gasteiger partial charge is 0.246 e. The first kappa shape index (κ1) is 16.5. The first-order chi connectivity index (χ1) is 10.4. The number of hydrogen-bond acceptors (Lipinski definition) is 2. The highest BCUT2D eigenvalue weighted by atomic mass is 16.2. The lowest BCUT2D eigenvalue weighted by molar-refractivity contribution is -0.152. The van der Waals surface area contributed by atoms with Crippen LogP contribution in [0.2, 0.25) is 0 Å². The van der Waals surface area contributed by atoms with E-state index in [0.29, 0.717) is 18.9 Å². The van der Waals surface area contributed by atoms with Gasteiger partial charge in [0, 0.05) is 6.54 Å². The third kappa shape index (κ3) is 3.67. The third-order valence-corrected chi connectivity index (χ3v) is 4.08. The van der Waals surface area contributed by atoms with Crippen LogP contribution in [-0.2, 0) is 16.1 Å². The van der Waals surface area contributed by atoms with Gasteiger partial charge < -0.3 is 10.2 Å². The molecule has 1 aromatic rings. The van der Waals surface area contributed by atoms with E-state index in [0.717, 1.165) is 5.56 Å². The third-order valence-electron chi connectivity index (χ3n) is 4.08. The molecule has 0 bridgehead atoms. The molecule has 0 spiro atoms. The van der Waals surface area contributed by atoms with Crippen LogP contribution in [0.25, 0.3) is 0 Å². The summed E-state index contributed by atoms with van der Waals surface area (Å²) in [6.45, 7) is 8.58. The summed E-state index contributed by atoms with van der Waals surface area (Å²) in [4.78, 5) is 27.1. The lowest BCUT2D eigenvalue weighted by atomic mass is 9.93. The van der Waals surface area contributed by atoms with Crippen LogP contribution in [0, 0.1) is 11.8 Å². The molecule has 1 aliphatic rings. The molecular weight excluding hydrogens is 276 g/mol. The molecule has 1 heterocycles. The molecule has 0 radical (unpaired) electrons. The number of carbonyl (C=O) groups excluding carboxylic acids is 2. The van der Waals surface area contributed by atoms with Gasteiger partial charge in [0.2, 0.25) is 11.8 Å². The molecule has 2 unspecified atom stereocenters. The highest BCUT2D eigenvalue weighted by molar-refractivity contribution is 5.97. The first-order valence-electron chi connectivity index (χ1n) is 8.05. The Morgan fingerprint density at radius 3 is 2.27 bits per heavy atom. The number of rotatable bonds is 5. The molecule has 22 heavy (non-hydrogen) atoms. The van der Waals surface area contributed by atoms with E-state index in [-0.39, 0.29) is 23.8 Å². The molecule has 0 saturated carbocycles. The van der Waals surface area contributed by atoms with Gasteiger partial charge in [-0.1, -0.05) is 58.0 Å². The van der Waals surface area contributed by atoms with Crippen molar-refractivity contribution in [1.82, 2.24) is 10.2 Å². The van der Waals surface area contributed by atoms with Gasteiger partial charge in [-0.3, -0.25) is 9.59 Å². The van der Waals surface area contributed by atoms with Crippen LogP contribution in [0.4, 0.5) is 0 Å². The average Bonchev–Trinajstić information content (AvgIpc) is 2.46. The lowest BCUT2D eigenvalue weighted by Gasteiger charge is -2.41. The number of benzene rings is 1. The molecule has 0 aliphatic carbocycles. The van der Waals surface area contributed by atoms with E-state index in [9.17, 15) is 9.59 Å². The zero-order valence-electron chi connectivity index (χ0n) is 13.9. The number of nitrogens with one attached hydrogen (secondary N) is 1. The fraction of sp³-hybridized carbons (Fsp3) is 0.556. The maximum atomic E-state index is 12.8. The van der Waals surface area contributed by atoms with Gasteiger partial charge in [-0.15, -0.1) is 0 Å². The normalized spacial score (nSPS) is 22.4. The number of hydrogen-bond donors (Lipinski definition) is 1. The summed E-state index contributed by atoms with van der Waals surface area (Å²) < 4.78 is 0. The van der Waals surface area contributed by atoms with Crippen molar-refractivity contribution in [2.24, 2.45) is 11.8 Å². The largest absolute Gasteiger partial charge is 0.342 e. The van der Waals surface area contributed by atoms with Gasteiger partial charge in [0.05, 0.1) is 0 Å². The lowest BCUT2D eigenvalue weighted by Crippen LogP contribution is -2.64. The molecule has 2 amide bonds. The van der Waals surface area contributed by atoms with Crippen molar-refractivity contribution in [1.29, 1.82) is 0 Å². The summed E-state index contributed by atoms with van der Waals surface area (Å²) in [6.07, 6.45) is 0.690. The van der Waals surface area contributed by atoms with Crippen LogP contribution >= 0.6 is 0 Å². The Morgan fingerprint density at radius 1 is 1.09 bits per heavy atom. The van der Waals surface area contributed by atoms with Gasteiger partial charge in [-0.25, -0.2) is 0 Å². The Balaban J connectivity index is 2.27. The minimum absolute atomic E-state index is 0.0251. The van der Waals surface area contributed by atoms with Crippen LogP contribution in [0.3, 0.4) is 0 Å². The highest BCUT2D eigenvalue weighted by Crippen LogP contribution is 2.22. The Kier molecular flexibility index (Phi) is 5.22. The zero-order chi connectivity index (χ0) is 16.3. The van der Waals surface area contributed by atoms with Crippen molar-refractivity contribution in [2.45, 2.75) is 52.7 Å². The summed E-state index contributed by atoms with van der Waals surface area (Å²) in [7, 11) is 0. The number of piperazine rings is 1. The van der Waals surface area contributed by atoms with E-state index < -0.39 is 6.04 Å². The predicted octanol–water partition coefficient (Wildman–Crippen LogP) is 2.58. The minimum Gasteiger partial charge on any atom is -0.342 e. The molecule has 1 aliphatic heterocycles. The second-order valence-corrected chi connectivity index (χ2v) is 6.83. The predicted molar refractivity (Wildman–Crippen MR) is 87.0 cm³/mol. The maximum absolute atomic E-state index is 12.8. The topological polar surface area (TPSA) is 49.4 Å². The number of amides is 2. The molecule has 0 aromatic heterocycles. The van der Waals surface area contributed by atoms with Crippen molar-refractivity contribution < 1.29 is 9.59 Å². The summed E-state index contributed by atoms with van der Waals surface area (Å²) >= 11 is 0. The molecule has 1 N–H and O–H groups in total. The monoisotopic (exact) mass is 302 g/mol. The van der Waals surface area contributed by atoms with Crippen LogP contribution in [-0.4, -0.2) is 28.8 Å². The molecule has 2 rings (SSSR count). The molecule has 120 valence electrons. The van der Waals surface area contributed by atoms with Gasteiger partial charge in [0.25, 0.3) is 0 Å². The van der Waals surface area contributed by atoms with Gasteiger partial charge in [-0.05, 0) is 23.8 Å². The fourth-order valence-corrected chi connectivity index (χ4v) is 2.89. The van der Waals surface area contributed by atoms with Gasteiger partial charge in [0.1, 0.15) is 12.1 Å². The Morgan fingerprint density at radius 2 is 1.73 bits per heavy atom. The summed E-state index contributed by atoms with van der Waals surface area (Å²) in [6, 6.07) is 9.08. The Bertz CT molecular complexity index is 525. The zero-order valence-corrected chi connectivity index (χ0v) is 13.9. The van der Waals surface area contributed by atoms with Gasteiger partial charge in [0.15, 0.2) is 0 Å². The second kappa shape index (κ2) is 6.95. The Labute approximate surface area is 132 Å². The van der Waals surface area contributed by atoms with Crippen LogP contribution in [0.5, 0.6) is 0 Å². The van der Waals surface area contributed by atoms with Crippen molar-refractivity contribution in [3.63, 3.8) is 0 Å². The van der Waals surface area contributed by atoms with Gasteiger partial charge >= 0.3 is 0 Å². The molecule has 1 aromatic carbocycles. The van der Waals surface area contributed by atoms with E-state index in [2.05, 4.69) is 19.2 Å². The summed E-state index contributed by atoms with van der Waals surface area (Å²) in [5, 5.41) is 2.91. The van der Waals surface area contributed by atoms with E-state index in [1.807, 2.05) is 44.2 Å². The first-order valence-corrected chi connectivity index (χ1v) is 8.05. The van der Waals surface area contributed by atoms with E-state index in [1.54, 1.807) is 4.90 Å². The van der Waals surface area contributed by atoms with Crippen molar-refractivity contribution in [2.75, 3.05) is 0 Å². The van der Waals surface area contributed by atoms with Crippen molar-refractivity contribution >= 4 is 11.8 Å². The quantitative estimate of drug-likeness (QED) is 0.909. The maximum Gasteiger partial charge on any atom is 0.246 e. The van der Waals surface area contributed by atoms with Crippen molar-refractivity contribution in [3.8, 4) is 0 Å². The average molecular weight is 302 g/mol. The van der Waals surface area contributed by atoms with Crippen LogP contribution < -0.4 is 5.32 Å². The molecule has 4 nitrogen and oxygen atoms in total. The van der Waals surface area contributed by atoms with Crippen molar-refractivity contribution in [3.05, 3.63) is 35.9 Å². The van der Waals surface area contributed by atoms with Crippen LogP contribution in [0.1, 0.15) is 39.7 Å². The molecule has 1 fully saturated rings. The summed E-state index contributed by atoms with van der Waals surface area (Å²) in [5.41, 5.74) is 1.06. The number of nitrogens with zero attached hydrogens (tertiary/aromatic N) is 1. The molecule has 1 saturated heterocycles. The molecule has 4 heteroatoms. The molecule has 2 atom stereocenters. The summed E-state index contributed by atoms with van der Waals surface area (Å²) in [5.74, 6) is 0.458. The highest BCUT2D eigenvalue weighted by Gasteiger charge is 2.41. The second-order valence-electron chi connectivity index (χ2n) is 6.83. The van der Waals surface area contributed by atoms with E-state index >= 15 is 0 Å². The van der Waals surface area contributed by atoms with E-state index in [1.165, 1.54) is 0 Å². The van der Waals surface area contributed by atoms with E-state index in [4.69, 9.17) is 0 Å². The standard InChI is InChI=1S/C18H26N2O2/c1-12(2)10-15-17(21)19-16(13(3)4)18(22)20(15)11-14-8-6-5-7-9-14/h5-9,12-13,15-16H,10-11H2,1-4H3,(H,19,21). The minimum atomic E-state index is -0.417. The van der Waals surface area contributed by atoms with Crippen LogP contribution in [0.15, 0.2) is 30.3 Å². The molecular formula is C18H26N2O2.